The molecule has 18 heavy (non-hydrogen) atoms. The first-order chi connectivity index (χ1) is 8.34. The van der Waals surface area contributed by atoms with Gasteiger partial charge in [-0.05, 0) is 12.1 Å². The van der Waals surface area contributed by atoms with Gasteiger partial charge in [-0.1, -0.05) is 20.8 Å². The average molecular weight is 251 g/mol. The molecule has 0 saturated carbocycles. The number of hydrogen-bond acceptors (Lipinski definition) is 5. The van der Waals surface area contributed by atoms with Gasteiger partial charge in [0, 0.05) is 19.0 Å². The van der Waals surface area contributed by atoms with Gasteiger partial charge in [-0.2, -0.15) is 5.10 Å². The summed E-state index contributed by atoms with van der Waals surface area (Å²) >= 11 is 0. The molecule has 0 aliphatic carbocycles. The van der Waals surface area contributed by atoms with E-state index in [0.717, 1.165) is 11.5 Å². The van der Waals surface area contributed by atoms with E-state index in [-0.39, 0.29) is 11.4 Å². The number of esters is 1. The van der Waals surface area contributed by atoms with Crippen molar-refractivity contribution in [1.82, 2.24) is 10.2 Å². The van der Waals surface area contributed by atoms with Crippen molar-refractivity contribution >= 4 is 11.8 Å². The summed E-state index contributed by atoms with van der Waals surface area (Å²) in [6.07, 6.45) is 0.343. The molecule has 0 aliphatic rings. The third kappa shape index (κ3) is 3.98. The maximum absolute atomic E-state index is 11.0. The summed E-state index contributed by atoms with van der Waals surface area (Å²) in [7, 11) is 3.27. The van der Waals surface area contributed by atoms with Gasteiger partial charge in [-0.3, -0.25) is 4.79 Å². The van der Waals surface area contributed by atoms with Gasteiger partial charge < -0.3 is 9.64 Å². The minimum atomic E-state index is -0.221. The van der Waals surface area contributed by atoms with Crippen LogP contribution in [0.15, 0.2) is 12.1 Å². The molecule has 0 spiro atoms. The van der Waals surface area contributed by atoms with Gasteiger partial charge in [0.25, 0.3) is 0 Å². The third-order valence-electron chi connectivity index (χ3n) is 2.69. The van der Waals surface area contributed by atoms with Crippen LogP contribution in [0.5, 0.6) is 0 Å². The smallest absolute Gasteiger partial charge is 0.307 e. The van der Waals surface area contributed by atoms with Crippen LogP contribution in [-0.4, -0.2) is 36.9 Å². The van der Waals surface area contributed by atoms with Crippen LogP contribution in [0.1, 0.15) is 32.9 Å². The van der Waals surface area contributed by atoms with Crippen molar-refractivity contribution in [2.24, 2.45) is 0 Å². The van der Waals surface area contributed by atoms with Crippen molar-refractivity contribution in [3.8, 4) is 0 Å². The summed E-state index contributed by atoms with van der Waals surface area (Å²) in [5, 5.41) is 8.38. The van der Waals surface area contributed by atoms with Crippen LogP contribution in [0.2, 0.25) is 0 Å². The van der Waals surface area contributed by atoms with Crippen molar-refractivity contribution in [3.05, 3.63) is 17.8 Å². The van der Waals surface area contributed by atoms with Crippen molar-refractivity contribution in [2.75, 3.05) is 25.6 Å². The normalized spacial score (nSPS) is 11.2. The number of anilines is 1. The fraction of sp³-hybridized carbons (Fsp3) is 0.615. The Balaban J connectivity index is 2.65. The molecule has 0 N–H and O–H groups in total. The standard InChI is InChI=1S/C13H21N3O2/c1-13(2,3)10-6-7-11(15-14-10)16(4)9-8-12(17)18-5/h6-7H,8-9H2,1-5H3. The first kappa shape index (κ1) is 14.4. The molecular formula is C13H21N3O2. The van der Waals surface area contributed by atoms with E-state index in [1.165, 1.54) is 7.11 Å². The maximum atomic E-state index is 11.0. The van der Waals surface area contributed by atoms with Gasteiger partial charge in [0.05, 0.1) is 19.2 Å². The van der Waals surface area contributed by atoms with Crippen molar-refractivity contribution in [1.29, 1.82) is 0 Å². The zero-order valence-electron chi connectivity index (χ0n) is 11.7. The van der Waals surface area contributed by atoms with E-state index in [1.54, 1.807) is 0 Å². The van der Waals surface area contributed by atoms with Crippen molar-refractivity contribution < 1.29 is 9.53 Å². The van der Waals surface area contributed by atoms with E-state index >= 15 is 0 Å². The predicted octanol–water partition coefficient (Wildman–Crippen LogP) is 1.77. The second-order valence-corrected chi connectivity index (χ2v) is 5.27. The molecule has 1 rings (SSSR count). The molecule has 5 heteroatoms. The monoisotopic (exact) mass is 251 g/mol. The van der Waals surface area contributed by atoms with Crippen LogP contribution in [0.4, 0.5) is 5.82 Å². The fourth-order valence-corrected chi connectivity index (χ4v) is 1.40. The number of rotatable bonds is 4. The van der Waals surface area contributed by atoms with E-state index in [4.69, 9.17) is 0 Å². The molecule has 0 bridgehead atoms. The Hall–Kier alpha value is -1.65. The first-order valence-electron chi connectivity index (χ1n) is 5.96. The zero-order chi connectivity index (χ0) is 13.8. The average Bonchev–Trinajstić information content (AvgIpc) is 2.34. The lowest BCUT2D eigenvalue weighted by Gasteiger charge is -2.20. The number of ether oxygens (including phenoxy) is 1. The van der Waals surface area contributed by atoms with Crippen molar-refractivity contribution in [2.45, 2.75) is 32.6 Å². The Morgan fingerprint density at radius 2 is 2.00 bits per heavy atom. The van der Waals surface area contributed by atoms with Crippen LogP contribution < -0.4 is 4.90 Å². The molecule has 100 valence electrons. The number of methoxy groups -OCH3 is 1. The van der Waals surface area contributed by atoms with Crippen LogP contribution >= 0.6 is 0 Å². The lowest BCUT2D eigenvalue weighted by Crippen LogP contribution is -2.23. The van der Waals surface area contributed by atoms with Crippen molar-refractivity contribution in [3.63, 3.8) is 0 Å². The fourth-order valence-electron chi connectivity index (χ4n) is 1.40. The number of carbonyl (C=O) groups is 1. The molecule has 1 aromatic heterocycles. The molecule has 0 unspecified atom stereocenters. The highest BCUT2D eigenvalue weighted by atomic mass is 16.5. The summed E-state index contributed by atoms with van der Waals surface area (Å²) in [4.78, 5) is 12.9. The van der Waals surface area contributed by atoms with Gasteiger partial charge in [-0.15, -0.1) is 5.10 Å². The maximum Gasteiger partial charge on any atom is 0.307 e. The number of hydrogen-bond donors (Lipinski definition) is 0. The Kier molecular flexibility index (Phi) is 4.64. The molecule has 0 radical (unpaired) electrons. The summed E-state index contributed by atoms with van der Waals surface area (Å²) in [5.74, 6) is 0.535. The Labute approximate surface area is 108 Å². The van der Waals surface area contributed by atoms with E-state index < -0.39 is 0 Å². The summed E-state index contributed by atoms with van der Waals surface area (Å²) in [5.41, 5.74) is 0.948. The lowest BCUT2D eigenvalue weighted by atomic mass is 9.92. The molecule has 0 fully saturated rings. The Morgan fingerprint density at radius 3 is 2.44 bits per heavy atom. The highest BCUT2D eigenvalue weighted by molar-refractivity contribution is 5.69. The highest BCUT2D eigenvalue weighted by Gasteiger charge is 2.16. The molecular weight excluding hydrogens is 230 g/mol. The lowest BCUT2D eigenvalue weighted by molar-refractivity contribution is -0.140. The molecule has 5 nitrogen and oxygen atoms in total. The predicted molar refractivity (Wildman–Crippen MR) is 70.6 cm³/mol. The van der Waals surface area contributed by atoms with Crippen LogP contribution in [0.3, 0.4) is 0 Å². The molecule has 0 aliphatic heterocycles. The topological polar surface area (TPSA) is 55.3 Å². The summed E-state index contributed by atoms with van der Waals surface area (Å²) in [6, 6.07) is 3.89. The third-order valence-corrected chi connectivity index (χ3v) is 2.69. The van der Waals surface area contributed by atoms with E-state index in [2.05, 4.69) is 35.7 Å². The summed E-state index contributed by atoms with van der Waals surface area (Å²) in [6.45, 7) is 6.85. The molecule has 1 aromatic rings. The van der Waals surface area contributed by atoms with Crippen LogP contribution in [0, 0.1) is 0 Å². The zero-order valence-corrected chi connectivity index (χ0v) is 11.7. The molecule has 0 aromatic carbocycles. The largest absolute Gasteiger partial charge is 0.469 e. The number of nitrogens with zero attached hydrogens (tertiary/aromatic N) is 3. The van der Waals surface area contributed by atoms with E-state index in [1.807, 2.05) is 24.1 Å². The highest BCUT2D eigenvalue weighted by Crippen LogP contribution is 2.20. The number of aromatic nitrogens is 2. The molecule has 0 atom stereocenters. The van der Waals surface area contributed by atoms with Crippen LogP contribution in [0.25, 0.3) is 0 Å². The van der Waals surface area contributed by atoms with Crippen LogP contribution in [-0.2, 0) is 14.9 Å². The minimum Gasteiger partial charge on any atom is -0.469 e. The van der Waals surface area contributed by atoms with Gasteiger partial charge in [-0.25, -0.2) is 0 Å². The molecule has 0 amide bonds. The van der Waals surface area contributed by atoms with E-state index in [0.29, 0.717) is 13.0 Å². The summed E-state index contributed by atoms with van der Waals surface area (Å²) < 4.78 is 4.60. The number of carbonyl (C=O) groups excluding carboxylic acids is 1. The molecule has 1 heterocycles. The minimum absolute atomic E-state index is 0.00385. The quantitative estimate of drug-likeness (QED) is 0.763. The van der Waals surface area contributed by atoms with Gasteiger partial charge in [0.1, 0.15) is 0 Å². The van der Waals surface area contributed by atoms with Gasteiger partial charge in [0.2, 0.25) is 0 Å². The Morgan fingerprint density at radius 1 is 1.33 bits per heavy atom. The Bertz CT molecular complexity index is 396. The second-order valence-electron chi connectivity index (χ2n) is 5.27. The molecule has 0 saturated heterocycles. The first-order valence-corrected chi connectivity index (χ1v) is 5.96. The van der Waals surface area contributed by atoms with Gasteiger partial charge >= 0.3 is 5.97 Å². The van der Waals surface area contributed by atoms with E-state index in [9.17, 15) is 4.79 Å². The second kappa shape index (κ2) is 5.80. The SMILES string of the molecule is COC(=O)CCN(C)c1ccc(C(C)(C)C)nn1. The van der Waals surface area contributed by atoms with Gasteiger partial charge in [0.15, 0.2) is 5.82 Å².